The van der Waals surface area contributed by atoms with Gasteiger partial charge in [-0.15, -0.1) is 0 Å². The van der Waals surface area contributed by atoms with E-state index in [0.29, 0.717) is 30.5 Å². The van der Waals surface area contributed by atoms with Gasteiger partial charge in [0.1, 0.15) is 5.84 Å². The van der Waals surface area contributed by atoms with Crippen LogP contribution in [0, 0.1) is 11.3 Å². The summed E-state index contributed by atoms with van der Waals surface area (Å²) in [7, 11) is -3.79. The summed E-state index contributed by atoms with van der Waals surface area (Å²) in [5, 5.41) is 10.8. The molecule has 0 heterocycles. The number of nitrogens with zero attached hydrogens (tertiary/aromatic N) is 1. The van der Waals surface area contributed by atoms with Crippen LogP contribution in [0.15, 0.2) is 59.6 Å². The maximum absolute atomic E-state index is 13.7. The van der Waals surface area contributed by atoms with Gasteiger partial charge in [0.2, 0.25) is 10.0 Å². The van der Waals surface area contributed by atoms with Gasteiger partial charge < -0.3 is 22.5 Å². The van der Waals surface area contributed by atoms with Crippen molar-refractivity contribution in [3.63, 3.8) is 0 Å². The summed E-state index contributed by atoms with van der Waals surface area (Å²) < 4.78 is 28.6. The summed E-state index contributed by atoms with van der Waals surface area (Å²) in [5.74, 6) is -0.322. The van der Waals surface area contributed by atoms with E-state index in [1.54, 1.807) is 36.4 Å². The second-order valence-corrected chi connectivity index (χ2v) is 11.2. The number of benzene rings is 2. The Morgan fingerprint density at radius 1 is 0.973 bits per heavy atom. The maximum Gasteiger partial charge on any atom is 0.216 e. The standard InChI is InChI=1S/C26H39N7O3S/c1-18(2)15-23(32-16-19-10-12-21(13-11-19)25(27)28)24(34)22(9-6-14-31-26(29)30)33-37(35,36)17-20-7-4-3-5-8-20/h3-5,7-8,10-13,18,22-23,32-33H,6,9,14-17H2,1-2H3,(H3,27,28)(H4,29,30,31)/t22-,23+/m1/s1. The van der Waals surface area contributed by atoms with Crippen molar-refractivity contribution in [2.24, 2.45) is 28.1 Å². The van der Waals surface area contributed by atoms with Crippen molar-refractivity contribution < 1.29 is 13.2 Å². The molecule has 2 aromatic carbocycles. The van der Waals surface area contributed by atoms with E-state index in [1.165, 1.54) is 0 Å². The molecular formula is C26H39N7O3S. The van der Waals surface area contributed by atoms with Gasteiger partial charge in [-0.2, -0.15) is 0 Å². The summed E-state index contributed by atoms with van der Waals surface area (Å²) in [4.78, 5) is 17.6. The number of Topliss-reactive ketones (excluding diaryl/α,β-unsaturated/α-hetero) is 1. The molecule has 0 aromatic heterocycles. The molecule has 202 valence electrons. The van der Waals surface area contributed by atoms with Gasteiger partial charge in [-0.05, 0) is 36.3 Å². The van der Waals surface area contributed by atoms with Crippen LogP contribution in [-0.4, -0.2) is 44.6 Å². The third-order valence-corrected chi connectivity index (χ3v) is 7.04. The maximum atomic E-state index is 13.7. The fourth-order valence-electron chi connectivity index (χ4n) is 3.87. The highest BCUT2D eigenvalue weighted by molar-refractivity contribution is 7.88. The molecule has 0 unspecified atom stereocenters. The van der Waals surface area contributed by atoms with Gasteiger partial charge >= 0.3 is 0 Å². The largest absolute Gasteiger partial charge is 0.384 e. The zero-order valence-electron chi connectivity index (χ0n) is 21.5. The fourth-order valence-corrected chi connectivity index (χ4v) is 5.25. The minimum absolute atomic E-state index is 0.0151. The summed E-state index contributed by atoms with van der Waals surface area (Å²) >= 11 is 0. The van der Waals surface area contributed by atoms with Crippen molar-refractivity contribution in [1.82, 2.24) is 10.0 Å². The summed E-state index contributed by atoms with van der Waals surface area (Å²) in [6.07, 6.45) is 1.23. The molecule has 0 saturated carbocycles. The molecule has 2 atom stereocenters. The topological polar surface area (TPSA) is 190 Å². The van der Waals surface area contributed by atoms with Crippen LogP contribution in [0.3, 0.4) is 0 Å². The van der Waals surface area contributed by atoms with Crippen LogP contribution in [0.25, 0.3) is 0 Å². The lowest BCUT2D eigenvalue weighted by Crippen LogP contribution is -2.50. The van der Waals surface area contributed by atoms with Gasteiger partial charge in [0.05, 0.1) is 17.8 Å². The lowest BCUT2D eigenvalue weighted by molar-refractivity contribution is -0.123. The van der Waals surface area contributed by atoms with Crippen molar-refractivity contribution in [1.29, 1.82) is 5.41 Å². The first-order valence-electron chi connectivity index (χ1n) is 12.3. The molecule has 0 fully saturated rings. The predicted octanol–water partition coefficient (Wildman–Crippen LogP) is 1.59. The fraction of sp³-hybridized carbons (Fsp3) is 0.423. The van der Waals surface area contributed by atoms with Gasteiger partial charge in [-0.1, -0.05) is 68.4 Å². The number of aliphatic imine (C=N–C) groups is 1. The van der Waals surface area contributed by atoms with Gasteiger partial charge in [0, 0.05) is 18.7 Å². The number of guanidine groups is 1. The second-order valence-electron chi connectivity index (χ2n) is 9.44. The molecule has 0 radical (unpaired) electrons. The van der Waals surface area contributed by atoms with Crippen LogP contribution < -0.4 is 27.2 Å². The minimum Gasteiger partial charge on any atom is -0.384 e. The van der Waals surface area contributed by atoms with Gasteiger partial charge in [-0.25, -0.2) is 13.1 Å². The number of sulfonamides is 1. The van der Waals surface area contributed by atoms with Crippen molar-refractivity contribution in [3.05, 3.63) is 71.3 Å². The number of carbonyl (C=O) groups excluding carboxylic acids is 1. The molecule has 37 heavy (non-hydrogen) atoms. The quantitative estimate of drug-likeness (QED) is 0.108. The van der Waals surface area contributed by atoms with Crippen LogP contribution in [-0.2, 0) is 27.1 Å². The number of hydrogen-bond acceptors (Lipinski definition) is 6. The third kappa shape index (κ3) is 11.1. The van der Waals surface area contributed by atoms with Crippen molar-refractivity contribution >= 4 is 27.6 Å². The molecule has 0 aliphatic rings. The van der Waals surface area contributed by atoms with Crippen molar-refractivity contribution in [3.8, 4) is 0 Å². The second kappa shape index (κ2) is 14.5. The van der Waals surface area contributed by atoms with Gasteiger partial charge in [-0.3, -0.25) is 15.2 Å². The lowest BCUT2D eigenvalue weighted by atomic mass is 9.94. The number of hydrogen-bond donors (Lipinski definition) is 6. The number of rotatable bonds is 16. The van der Waals surface area contributed by atoms with Crippen LogP contribution in [0.1, 0.15) is 49.8 Å². The summed E-state index contributed by atoms with van der Waals surface area (Å²) in [5.41, 5.74) is 18.5. The van der Waals surface area contributed by atoms with Crippen molar-refractivity contribution in [2.45, 2.75) is 57.5 Å². The highest BCUT2D eigenvalue weighted by Crippen LogP contribution is 2.14. The molecule has 0 amide bonds. The smallest absolute Gasteiger partial charge is 0.216 e. The van der Waals surface area contributed by atoms with E-state index in [9.17, 15) is 13.2 Å². The minimum atomic E-state index is -3.79. The number of nitrogens with one attached hydrogen (secondary N) is 3. The number of nitrogen functional groups attached to an aromatic ring is 1. The van der Waals surface area contributed by atoms with Crippen LogP contribution >= 0.6 is 0 Å². The van der Waals surface area contributed by atoms with Crippen LogP contribution in [0.2, 0.25) is 0 Å². The summed E-state index contributed by atoms with van der Waals surface area (Å²) in [6, 6.07) is 14.5. The molecule has 9 N–H and O–H groups in total. The normalized spacial score (nSPS) is 13.2. The molecule has 0 aliphatic heterocycles. The molecule has 0 saturated heterocycles. The van der Waals surface area contributed by atoms with Crippen molar-refractivity contribution in [2.75, 3.05) is 6.54 Å². The number of carbonyl (C=O) groups is 1. The summed E-state index contributed by atoms with van der Waals surface area (Å²) in [6.45, 7) is 4.71. The molecule has 2 aromatic rings. The Kier molecular flexibility index (Phi) is 11.7. The molecule has 0 spiro atoms. The Balaban J connectivity index is 2.19. The Morgan fingerprint density at radius 3 is 2.19 bits per heavy atom. The number of ketones is 1. The number of amidine groups is 1. The van der Waals surface area contributed by atoms with E-state index in [4.69, 9.17) is 22.6 Å². The van der Waals surface area contributed by atoms with E-state index >= 15 is 0 Å². The number of nitrogens with two attached hydrogens (primary N) is 3. The van der Waals surface area contributed by atoms with E-state index in [1.807, 2.05) is 32.0 Å². The highest BCUT2D eigenvalue weighted by Gasteiger charge is 2.30. The molecule has 10 nitrogen and oxygen atoms in total. The zero-order valence-corrected chi connectivity index (χ0v) is 22.3. The predicted molar refractivity (Wildman–Crippen MR) is 148 cm³/mol. The van der Waals surface area contributed by atoms with Crippen LogP contribution in [0.5, 0.6) is 0 Å². The van der Waals surface area contributed by atoms with E-state index in [2.05, 4.69) is 15.0 Å². The van der Waals surface area contributed by atoms with E-state index in [-0.39, 0.29) is 42.2 Å². The first kappa shape index (κ1) is 29.9. The van der Waals surface area contributed by atoms with Gasteiger partial charge in [0.25, 0.3) is 0 Å². The van der Waals surface area contributed by atoms with Crippen LogP contribution in [0.4, 0.5) is 0 Å². The highest BCUT2D eigenvalue weighted by atomic mass is 32.2. The molecule has 0 aliphatic carbocycles. The molecule has 2 rings (SSSR count). The van der Waals surface area contributed by atoms with E-state index < -0.39 is 22.1 Å². The molecule has 11 heteroatoms. The average Bonchev–Trinajstić information content (AvgIpc) is 2.83. The third-order valence-electron chi connectivity index (χ3n) is 5.68. The SMILES string of the molecule is CC(C)C[C@H](NCc1ccc(C(=N)N)cc1)C(=O)[C@@H](CCCN=C(N)N)NS(=O)(=O)Cc1ccccc1. The first-order chi connectivity index (χ1) is 17.5. The Morgan fingerprint density at radius 2 is 1.62 bits per heavy atom. The lowest BCUT2D eigenvalue weighted by Gasteiger charge is -2.25. The monoisotopic (exact) mass is 529 g/mol. The first-order valence-corrected chi connectivity index (χ1v) is 13.9. The average molecular weight is 530 g/mol. The Labute approximate surface area is 219 Å². The van der Waals surface area contributed by atoms with E-state index in [0.717, 1.165) is 5.56 Å². The molecular weight excluding hydrogens is 490 g/mol. The Bertz CT molecular complexity index is 1150. The molecule has 0 bridgehead atoms. The van der Waals surface area contributed by atoms with Gasteiger partial charge in [0.15, 0.2) is 11.7 Å². The Hall–Kier alpha value is -3.28. The zero-order chi connectivity index (χ0) is 27.4.